The van der Waals surface area contributed by atoms with Gasteiger partial charge in [-0.2, -0.15) is 0 Å². The van der Waals surface area contributed by atoms with Crippen LogP contribution >= 0.6 is 11.8 Å². The van der Waals surface area contributed by atoms with E-state index in [1.165, 1.54) is 82.8 Å². The summed E-state index contributed by atoms with van der Waals surface area (Å²) in [6, 6.07) is 40.7. The van der Waals surface area contributed by atoms with E-state index in [-0.39, 0.29) is 0 Å². The smallest absolute Gasteiger partial charge is 0.0417 e. The fraction of sp³-hybridized carbons (Fsp3) is 0.125. The van der Waals surface area contributed by atoms with E-state index in [0.29, 0.717) is 0 Å². The fourth-order valence-corrected chi connectivity index (χ4v) is 8.98. The van der Waals surface area contributed by atoms with E-state index in [0.717, 1.165) is 48.4 Å². The third kappa shape index (κ3) is 12.1. The van der Waals surface area contributed by atoms with Crippen LogP contribution in [0.25, 0.3) is 62.0 Å². The van der Waals surface area contributed by atoms with Gasteiger partial charge >= 0.3 is 0 Å². The molecule has 0 radical (unpaired) electrons. The summed E-state index contributed by atoms with van der Waals surface area (Å²) in [7, 11) is 2.00. The van der Waals surface area contributed by atoms with E-state index in [1.807, 2.05) is 37.4 Å². The van der Waals surface area contributed by atoms with Gasteiger partial charge in [0, 0.05) is 28.9 Å². The minimum absolute atomic E-state index is 0.808. The number of nitrogen functional groups attached to an aromatic ring is 1. The zero-order chi connectivity index (χ0) is 46.8. The molecule has 0 heterocycles. The van der Waals surface area contributed by atoms with Crippen molar-refractivity contribution in [2.45, 2.75) is 39.0 Å². The summed E-state index contributed by atoms with van der Waals surface area (Å²) in [6.45, 7) is 10.7. The first-order valence-electron chi connectivity index (χ1n) is 23.3. The van der Waals surface area contributed by atoms with Crippen LogP contribution in [0.4, 0.5) is 11.4 Å². The van der Waals surface area contributed by atoms with Crippen molar-refractivity contribution in [2.75, 3.05) is 24.4 Å². The maximum Gasteiger partial charge on any atom is 0.0417 e. The largest absolute Gasteiger partial charge is 0.399 e. The second-order valence-corrected chi connectivity index (χ2v) is 17.2. The zero-order valence-electron chi connectivity index (χ0n) is 39.2. The van der Waals surface area contributed by atoms with Gasteiger partial charge in [-0.15, -0.1) is 11.8 Å². The lowest BCUT2D eigenvalue weighted by Crippen LogP contribution is -1.95. The van der Waals surface area contributed by atoms with Crippen molar-refractivity contribution in [3.63, 3.8) is 0 Å². The number of nitrogens with one attached hydrogen (secondary N) is 1. The highest BCUT2D eigenvalue weighted by Crippen LogP contribution is 2.37. The van der Waals surface area contributed by atoms with Gasteiger partial charge in [-0.25, -0.2) is 0 Å². The monoisotopic (exact) mass is 890 g/mol. The number of thioether (sulfide) groups is 1. The lowest BCUT2D eigenvalue weighted by atomic mass is 9.91. The summed E-state index contributed by atoms with van der Waals surface area (Å²) < 4.78 is 0. The molecule has 2 nitrogen and oxygen atoms in total. The van der Waals surface area contributed by atoms with Crippen molar-refractivity contribution in [2.24, 2.45) is 0 Å². The summed E-state index contributed by atoms with van der Waals surface area (Å²) in [4.78, 5) is 1.08. The van der Waals surface area contributed by atoms with E-state index in [4.69, 9.17) is 5.73 Å². The Balaban J connectivity index is 0.000000404. The summed E-state index contributed by atoms with van der Waals surface area (Å²) in [5.41, 5.74) is 20.8. The molecule has 3 N–H and O–H groups in total. The van der Waals surface area contributed by atoms with Crippen LogP contribution in [0.15, 0.2) is 230 Å². The van der Waals surface area contributed by atoms with E-state index in [9.17, 15) is 0 Å². The van der Waals surface area contributed by atoms with Crippen LogP contribution in [-0.2, 0) is 0 Å². The molecule has 334 valence electrons. The molecule has 2 aliphatic rings. The summed E-state index contributed by atoms with van der Waals surface area (Å²) in [6.07, 6.45) is 44.4. The molecular formula is C64H62N2S. The number of allylic oxidation sites excluding steroid dienone is 18. The Bertz CT molecular complexity index is 3040. The van der Waals surface area contributed by atoms with Crippen LogP contribution in [-0.4, -0.2) is 13.3 Å². The average molecular weight is 891 g/mol. The number of rotatable bonds is 15. The molecule has 6 aromatic rings. The molecule has 0 atom stereocenters. The van der Waals surface area contributed by atoms with Gasteiger partial charge in [0.05, 0.1) is 0 Å². The Morgan fingerprint density at radius 2 is 1.49 bits per heavy atom. The zero-order valence-corrected chi connectivity index (χ0v) is 40.0. The molecule has 0 saturated heterocycles. The lowest BCUT2D eigenvalue weighted by molar-refractivity contribution is 1.02. The Morgan fingerprint density at radius 3 is 2.19 bits per heavy atom. The molecule has 0 aromatic heterocycles. The predicted octanol–water partition coefficient (Wildman–Crippen LogP) is 18.1. The number of hydrogen-bond acceptors (Lipinski definition) is 3. The SMILES string of the molecule is C=Cc1c(/C=C\C/C=C\C(=C/CC)c2ccc(NC)c(-c3ccccc3/C=C\C=C(/C(=C)SC)C3=CCCC=C3)c2)c2ccccc2c2ccccc12.Nc1ccc(C2=CC=CCC=C2)cc1. The fourth-order valence-electron chi connectivity index (χ4n) is 8.58. The lowest BCUT2D eigenvalue weighted by Gasteiger charge is -2.15. The summed E-state index contributed by atoms with van der Waals surface area (Å²) in [5, 5.41) is 8.47. The Kier molecular flexibility index (Phi) is 17.3. The molecule has 0 fully saturated rings. The van der Waals surface area contributed by atoms with Gasteiger partial charge in [0.15, 0.2) is 0 Å². The van der Waals surface area contributed by atoms with E-state index >= 15 is 0 Å². The van der Waals surface area contributed by atoms with Crippen LogP contribution in [0.3, 0.4) is 0 Å². The van der Waals surface area contributed by atoms with Gasteiger partial charge in [0.2, 0.25) is 0 Å². The molecule has 8 rings (SSSR count). The standard InChI is InChI=1S/C51H49NS.C13H13N/c1-6-21-38(22-10-9-13-28-45-42(7-2)46-29-16-17-30-48(46)49-32-19-18-31-47(45)49)41-34-35-51(52-4)50(36-41)44-27-15-14-25-40(44)26-20-33-43(37(3)53-5)39-23-11-8-12-24-39;14-13-9-7-12(8-10-13)11-5-3-1-2-4-6-11/h7,10-11,13-36,52H,2-3,6,8-9,12H2,1,4-5H3;1,3-10H,2,14H2/b22-10-,26-20-,28-13-,38-21+,43-33+;. The second kappa shape index (κ2) is 24.3. The summed E-state index contributed by atoms with van der Waals surface area (Å²) in [5.74, 6) is 0. The first-order valence-corrected chi connectivity index (χ1v) is 24.5. The number of benzene rings is 6. The highest BCUT2D eigenvalue weighted by molar-refractivity contribution is 8.02. The molecule has 3 heteroatoms. The number of fused-ring (bicyclic) bond motifs is 3. The predicted molar refractivity (Wildman–Crippen MR) is 302 cm³/mol. The van der Waals surface area contributed by atoms with Crippen molar-refractivity contribution in [1.82, 2.24) is 0 Å². The van der Waals surface area contributed by atoms with Gasteiger partial charge in [-0.3, -0.25) is 0 Å². The minimum Gasteiger partial charge on any atom is -0.399 e. The number of nitrogens with two attached hydrogens (primary N) is 1. The Morgan fingerprint density at radius 1 is 0.761 bits per heavy atom. The van der Waals surface area contributed by atoms with Crippen LogP contribution in [0.5, 0.6) is 0 Å². The van der Waals surface area contributed by atoms with Crippen molar-refractivity contribution in [3.8, 4) is 11.1 Å². The summed E-state index contributed by atoms with van der Waals surface area (Å²) >= 11 is 1.70. The topological polar surface area (TPSA) is 38.0 Å². The quantitative estimate of drug-likeness (QED) is 0.0613. The van der Waals surface area contributed by atoms with Crippen LogP contribution in [0.2, 0.25) is 0 Å². The van der Waals surface area contributed by atoms with Gasteiger partial charge in [-0.1, -0.05) is 214 Å². The number of hydrogen-bond donors (Lipinski definition) is 2. The molecule has 0 amide bonds. The molecular weight excluding hydrogens is 829 g/mol. The third-order valence-electron chi connectivity index (χ3n) is 12.0. The van der Waals surface area contributed by atoms with Gasteiger partial charge in [-0.05, 0) is 140 Å². The minimum atomic E-state index is 0.808. The normalized spacial score (nSPS) is 14.1. The molecule has 0 spiro atoms. The highest BCUT2D eigenvalue weighted by atomic mass is 32.2. The van der Waals surface area contributed by atoms with E-state index < -0.39 is 0 Å². The molecule has 0 bridgehead atoms. The molecule has 0 saturated carbocycles. The highest BCUT2D eigenvalue weighted by Gasteiger charge is 2.13. The van der Waals surface area contributed by atoms with Crippen LogP contribution in [0, 0.1) is 0 Å². The molecule has 0 unspecified atom stereocenters. The van der Waals surface area contributed by atoms with E-state index in [2.05, 4.69) is 220 Å². The molecule has 2 aliphatic carbocycles. The van der Waals surface area contributed by atoms with Gasteiger partial charge in [0.25, 0.3) is 0 Å². The Labute approximate surface area is 403 Å². The van der Waals surface area contributed by atoms with Crippen LogP contribution in [0.1, 0.15) is 66.8 Å². The first kappa shape index (κ1) is 47.6. The van der Waals surface area contributed by atoms with Crippen molar-refractivity contribution >= 4 is 74.1 Å². The average Bonchev–Trinajstić information content (AvgIpc) is 3.67. The van der Waals surface area contributed by atoms with Crippen molar-refractivity contribution < 1.29 is 0 Å². The molecule has 67 heavy (non-hydrogen) atoms. The van der Waals surface area contributed by atoms with Crippen molar-refractivity contribution in [3.05, 3.63) is 257 Å². The van der Waals surface area contributed by atoms with Gasteiger partial charge in [0.1, 0.15) is 0 Å². The van der Waals surface area contributed by atoms with Crippen LogP contribution < -0.4 is 11.1 Å². The van der Waals surface area contributed by atoms with Gasteiger partial charge < -0.3 is 11.1 Å². The second-order valence-electron chi connectivity index (χ2n) is 16.3. The third-order valence-corrected chi connectivity index (χ3v) is 12.7. The maximum atomic E-state index is 5.64. The molecule has 0 aliphatic heterocycles. The maximum absolute atomic E-state index is 5.64. The van der Waals surface area contributed by atoms with Crippen molar-refractivity contribution in [1.29, 1.82) is 0 Å². The number of anilines is 2. The molecule has 6 aromatic carbocycles. The Hall–Kier alpha value is -7.33. The first-order chi connectivity index (χ1) is 32.9. The van der Waals surface area contributed by atoms with E-state index in [1.54, 1.807) is 11.8 Å².